The summed E-state index contributed by atoms with van der Waals surface area (Å²) >= 11 is 4.82. The number of amides is 1. The van der Waals surface area contributed by atoms with E-state index in [9.17, 15) is 9.59 Å². The molecule has 122 valence electrons. The topological polar surface area (TPSA) is 55.4 Å². The van der Waals surface area contributed by atoms with Crippen LogP contribution in [0.25, 0.3) is 0 Å². The van der Waals surface area contributed by atoms with Crippen LogP contribution in [0.4, 0.5) is 5.69 Å². The summed E-state index contributed by atoms with van der Waals surface area (Å²) in [6.07, 6.45) is 0.882. The lowest BCUT2D eigenvalue weighted by Gasteiger charge is -2.07. The summed E-state index contributed by atoms with van der Waals surface area (Å²) in [5.74, 6) is -0.816. The summed E-state index contributed by atoms with van der Waals surface area (Å²) < 4.78 is 6.05. The molecule has 2 rings (SSSR count). The second kappa shape index (κ2) is 7.75. The molecule has 0 atom stereocenters. The van der Waals surface area contributed by atoms with Gasteiger partial charge in [0.05, 0.1) is 0 Å². The fraction of sp³-hybridized carbons (Fsp3) is 0.294. The molecule has 1 N–H and O–H groups in total. The summed E-state index contributed by atoms with van der Waals surface area (Å²) in [4.78, 5) is 25.6. The zero-order valence-electron chi connectivity index (χ0n) is 13.2. The van der Waals surface area contributed by atoms with Gasteiger partial charge in [-0.05, 0) is 55.7 Å². The first kappa shape index (κ1) is 17.7. The predicted molar refractivity (Wildman–Crippen MR) is 96.2 cm³/mol. The Hall–Kier alpha value is -1.66. The van der Waals surface area contributed by atoms with E-state index >= 15 is 0 Å². The van der Waals surface area contributed by atoms with E-state index in [1.165, 1.54) is 11.3 Å². The number of anilines is 1. The maximum atomic E-state index is 12.0. The van der Waals surface area contributed by atoms with Crippen LogP contribution < -0.4 is 5.32 Å². The molecule has 23 heavy (non-hydrogen) atoms. The van der Waals surface area contributed by atoms with Crippen LogP contribution in [0, 0.1) is 13.8 Å². The molecule has 2 aromatic rings. The van der Waals surface area contributed by atoms with Crippen LogP contribution in [0.2, 0.25) is 0 Å². The second-order valence-electron chi connectivity index (χ2n) is 5.16. The Kier molecular flexibility index (Phi) is 5.96. The Morgan fingerprint density at radius 3 is 2.57 bits per heavy atom. The molecule has 0 fully saturated rings. The Labute approximate surface area is 148 Å². The van der Waals surface area contributed by atoms with Crippen LogP contribution >= 0.6 is 27.3 Å². The van der Waals surface area contributed by atoms with Gasteiger partial charge >= 0.3 is 5.97 Å². The van der Waals surface area contributed by atoms with Gasteiger partial charge in [-0.25, -0.2) is 4.79 Å². The molecule has 6 heteroatoms. The second-order valence-corrected chi connectivity index (χ2v) is 7.15. The number of esters is 1. The van der Waals surface area contributed by atoms with Gasteiger partial charge in [0.2, 0.25) is 0 Å². The van der Waals surface area contributed by atoms with Crippen LogP contribution in [-0.4, -0.2) is 18.5 Å². The molecule has 1 aromatic heterocycles. The average Bonchev–Trinajstić information content (AvgIpc) is 2.89. The van der Waals surface area contributed by atoms with Crippen molar-refractivity contribution in [2.24, 2.45) is 0 Å². The number of nitrogens with one attached hydrogen (secondary N) is 1. The van der Waals surface area contributed by atoms with Gasteiger partial charge in [0.15, 0.2) is 6.61 Å². The van der Waals surface area contributed by atoms with Crippen molar-refractivity contribution in [3.8, 4) is 0 Å². The third-order valence-corrected chi connectivity index (χ3v) is 5.57. The molecule has 1 aromatic carbocycles. The van der Waals surface area contributed by atoms with E-state index in [0.29, 0.717) is 10.6 Å². The average molecular weight is 396 g/mol. The lowest BCUT2D eigenvalue weighted by molar-refractivity contribution is -0.119. The summed E-state index contributed by atoms with van der Waals surface area (Å²) in [7, 11) is 0. The monoisotopic (exact) mass is 395 g/mol. The number of carbonyl (C=O) groups excluding carboxylic acids is 2. The van der Waals surface area contributed by atoms with Crippen molar-refractivity contribution in [1.82, 2.24) is 0 Å². The molecule has 0 aliphatic carbocycles. The minimum atomic E-state index is -0.458. The Morgan fingerprint density at radius 2 is 1.96 bits per heavy atom. The molecule has 0 bridgehead atoms. The van der Waals surface area contributed by atoms with Crippen molar-refractivity contribution in [3.05, 3.63) is 49.6 Å². The lowest BCUT2D eigenvalue weighted by atomic mass is 10.2. The van der Waals surface area contributed by atoms with Gasteiger partial charge in [-0.1, -0.05) is 22.9 Å². The Bertz CT molecular complexity index is 739. The van der Waals surface area contributed by atoms with Gasteiger partial charge in [0.25, 0.3) is 5.91 Å². The number of hydrogen-bond acceptors (Lipinski definition) is 4. The van der Waals surface area contributed by atoms with E-state index in [2.05, 4.69) is 21.2 Å². The molecule has 4 nitrogen and oxygen atoms in total. The van der Waals surface area contributed by atoms with Gasteiger partial charge in [0, 0.05) is 15.0 Å². The number of aryl methyl sites for hydroxylation is 3. The highest BCUT2D eigenvalue weighted by molar-refractivity contribution is 9.10. The van der Waals surface area contributed by atoms with Crippen LogP contribution in [0.3, 0.4) is 0 Å². The molecular formula is C17H18BrNO3S. The molecule has 1 heterocycles. The largest absolute Gasteiger partial charge is 0.451 e. The number of halogens is 1. The van der Waals surface area contributed by atoms with Crippen molar-refractivity contribution in [2.45, 2.75) is 27.2 Å². The van der Waals surface area contributed by atoms with Gasteiger partial charge < -0.3 is 10.1 Å². The first-order chi connectivity index (χ1) is 10.9. The third-order valence-electron chi connectivity index (χ3n) is 3.32. The maximum Gasteiger partial charge on any atom is 0.348 e. The molecule has 0 aliphatic heterocycles. The van der Waals surface area contributed by atoms with E-state index in [-0.39, 0.29) is 12.5 Å². The third kappa shape index (κ3) is 4.65. The highest BCUT2D eigenvalue weighted by Crippen LogP contribution is 2.23. The number of carbonyl (C=O) groups is 2. The van der Waals surface area contributed by atoms with Crippen molar-refractivity contribution in [3.63, 3.8) is 0 Å². The highest BCUT2D eigenvalue weighted by Gasteiger charge is 2.14. The Balaban J connectivity index is 1.90. The fourth-order valence-electron chi connectivity index (χ4n) is 2.09. The number of hydrogen-bond donors (Lipinski definition) is 1. The minimum Gasteiger partial charge on any atom is -0.451 e. The molecule has 0 radical (unpaired) electrons. The zero-order valence-corrected chi connectivity index (χ0v) is 15.6. The fourth-order valence-corrected chi connectivity index (χ4v) is 3.35. The summed E-state index contributed by atoms with van der Waals surface area (Å²) in [5, 5.41) is 2.71. The highest BCUT2D eigenvalue weighted by atomic mass is 79.9. The van der Waals surface area contributed by atoms with Gasteiger partial charge in [-0.15, -0.1) is 11.3 Å². The van der Waals surface area contributed by atoms with E-state index in [1.807, 2.05) is 39.0 Å². The van der Waals surface area contributed by atoms with Gasteiger partial charge in [-0.3, -0.25) is 4.79 Å². The van der Waals surface area contributed by atoms with Gasteiger partial charge in [-0.2, -0.15) is 0 Å². The molecule has 0 aliphatic rings. The molecule has 0 saturated heterocycles. The normalized spacial score (nSPS) is 10.4. The van der Waals surface area contributed by atoms with Crippen LogP contribution in [0.15, 0.2) is 28.7 Å². The number of benzene rings is 1. The molecule has 0 saturated carbocycles. The first-order valence-corrected chi connectivity index (χ1v) is 8.84. The van der Waals surface area contributed by atoms with Crippen molar-refractivity contribution in [1.29, 1.82) is 0 Å². The van der Waals surface area contributed by atoms with E-state index in [0.717, 1.165) is 26.9 Å². The van der Waals surface area contributed by atoms with Crippen molar-refractivity contribution < 1.29 is 14.3 Å². The van der Waals surface area contributed by atoms with E-state index in [1.54, 1.807) is 6.07 Å². The smallest absolute Gasteiger partial charge is 0.348 e. The Morgan fingerprint density at radius 1 is 1.22 bits per heavy atom. The summed E-state index contributed by atoms with van der Waals surface area (Å²) in [6.45, 7) is 5.65. The summed E-state index contributed by atoms with van der Waals surface area (Å²) in [5.41, 5.74) is 2.77. The molecule has 1 amide bonds. The first-order valence-electron chi connectivity index (χ1n) is 7.23. The van der Waals surface area contributed by atoms with Crippen molar-refractivity contribution >= 4 is 44.8 Å². The SMILES string of the molecule is CCc1sc(C(=O)OCC(=O)Nc2ccc(Br)c(C)c2)cc1C. The van der Waals surface area contributed by atoms with Crippen LogP contribution in [0.1, 0.15) is 32.6 Å². The number of thiophene rings is 1. The van der Waals surface area contributed by atoms with Crippen LogP contribution in [-0.2, 0) is 16.0 Å². The van der Waals surface area contributed by atoms with Crippen LogP contribution in [0.5, 0.6) is 0 Å². The quantitative estimate of drug-likeness (QED) is 0.758. The summed E-state index contributed by atoms with van der Waals surface area (Å²) in [6, 6.07) is 7.30. The molecule has 0 unspecified atom stereocenters. The van der Waals surface area contributed by atoms with E-state index in [4.69, 9.17) is 4.74 Å². The molecular weight excluding hydrogens is 378 g/mol. The number of ether oxygens (including phenoxy) is 1. The standard InChI is InChI=1S/C17H18BrNO3S/c1-4-14-11(3)8-15(23-14)17(21)22-9-16(20)19-12-5-6-13(18)10(2)7-12/h5-8H,4,9H2,1-3H3,(H,19,20). The van der Waals surface area contributed by atoms with Crippen molar-refractivity contribution in [2.75, 3.05) is 11.9 Å². The minimum absolute atomic E-state index is 0.299. The van der Waals surface area contributed by atoms with Gasteiger partial charge in [0.1, 0.15) is 4.88 Å². The number of rotatable bonds is 5. The van der Waals surface area contributed by atoms with E-state index < -0.39 is 5.97 Å². The zero-order chi connectivity index (χ0) is 17.0. The maximum absolute atomic E-state index is 12.0. The predicted octanol–water partition coefficient (Wildman–Crippen LogP) is 4.49. The lowest BCUT2D eigenvalue weighted by Crippen LogP contribution is -2.20. The molecule has 0 spiro atoms.